The molecule has 1 aliphatic rings. The van der Waals surface area contributed by atoms with Crippen LogP contribution in [0.2, 0.25) is 0 Å². The van der Waals surface area contributed by atoms with Crippen LogP contribution in [0.4, 0.5) is 5.69 Å². The molecule has 1 amide bonds. The maximum Gasteiger partial charge on any atom is 0.251 e. The highest BCUT2D eigenvalue weighted by Crippen LogP contribution is 2.25. The summed E-state index contributed by atoms with van der Waals surface area (Å²) in [5.41, 5.74) is 3.01. The third-order valence-corrected chi connectivity index (χ3v) is 3.74. The molecule has 0 aliphatic carbocycles. The summed E-state index contributed by atoms with van der Waals surface area (Å²) in [6, 6.07) is 7.79. The smallest absolute Gasteiger partial charge is 0.251 e. The second kappa shape index (κ2) is 5.99. The zero-order valence-electron chi connectivity index (χ0n) is 12.2. The van der Waals surface area contributed by atoms with Crippen LogP contribution < -0.4 is 10.6 Å². The Balaban J connectivity index is 1.70. The summed E-state index contributed by atoms with van der Waals surface area (Å²) in [4.78, 5) is 12.5. The molecular formula is C16H20N4O. The van der Waals surface area contributed by atoms with Crippen molar-refractivity contribution < 1.29 is 4.79 Å². The van der Waals surface area contributed by atoms with E-state index >= 15 is 0 Å². The third kappa shape index (κ3) is 3.07. The van der Waals surface area contributed by atoms with Crippen LogP contribution in [-0.4, -0.2) is 28.3 Å². The first-order chi connectivity index (χ1) is 10.2. The standard InChI is InChI=1S/C16H20N4O/c1-12(11-20-10-4-9-18-20)19-16(21)14-5-2-7-15-13(14)6-3-8-17-15/h2,4-5,7,9-10,12,17H,3,6,8,11H2,1H3,(H,19,21). The molecule has 0 radical (unpaired) electrons. The minimum atomic E-state index is -0.00444. The van der Waals surface area contributed by atoms with Crippen molar-refractivity contribution >= 4 is 11.6 Å². The fraction of sp³-hybridized carbons (Fsp3) is 0.375. The minimum absolute atomic E-state index is 0.00444. The third-order valence-electron chi connectivity index (χ3n) is 3.74. The van der Waals surface area contributed by atoms with Gasteiger partial charge < -0.3 is 10.6 Å². The van der Waals surface area contributed by atoms with E-state index in [1.807, 2.05) is 42.1 Å². The first kappa shape index (κ1) is 13.7. The molecule has 3 rings (SSSR count). The molecule has 0 bridgehead atoms. The predicted octanol–water partition coefficient (Wildman–Crippen LogP) is 2.06. The van der Waals surface area contributed by atoms with Gasteiger partial charge in [0.2, 0.25) is 0 Å². The van der Waals surface area contributed by atoms with Crippen molar-refractivity contribution in [1.82, 2.24) is 15.1 Å². The predicted molar refractivity (Wildman–Crippen MR) is 82.4 cm³/mol. The largest absolute Gasteiger partial charge is 0.385 e. The highest BCUT2D eigenvalue weighted by atomic mass is 16.1. The second-order valence-corrected chi connectivity index (χ2v) is 5.46. The van der Waals surface area contributed by atoms with E-state index in [0.717, 1.165) is 36.2 Å². The molecule has 2 heterocycles. The molecule has 1 unspecified atom stereocenters. The van der Waals surface area contributed by atoms with Gasteiger partial charge >= 0.3 is 0 Å². The Hall–Kier alpha value is -2.30. The zero-order valence-corrected chi connectivity index (χ0v) is 12.2. The first-order valence-corrected chi connectivity index (χ1v) is 7.38. The second-order valence-electron chi connectivity index (χ2n) is 5.46. The van der Waals surface area contributed by atoms with Crippen LogP contribution in [0, 0.1) is 0 Å². The molecule has 0 saturated heterocycles. The number of benzene rings is 1. The molecule has 0 saturated carbocycles. The van der Waals surface area contributed by atoms with Crippen LogP contribution in [-0.2, 0) is 13.0 Å². The van der Waals surface area contributed by atoms with E-state index in [1.54, 1.807) is 6.20 Å². The van der Waals surface area contributed by atoms with Crippen molar-refractivity contribution in [3.63, 3.8) is 0 Å². The lowest BCUT2D eigenvalue weighted by Crippen LogP contribution is -2.36. The topological polar surface area (TPSA) is 59.0 Å². The van der Waals surface area contributed by atoms with E-state index in [4.69, 9.17) is 0 Å². The number of carbonyl (C=O) groups is 1. The molecule has 0 spiro atoms. The van der Waals surface area contributed by atoms with E-state index in [9.17, 15) is 4.79 Å². The Bertz CT molecular complexity index is 621. The number of rotatable bonds is 4. The van der Waals surface area contributed by atoms with Crippen molar-refractivity contribution in [3.05, 3.63) is 47.8 Å². The highest BCUT2D eigenvalue weighted by Gasteiger charge is 2.18. The summed E-state index contributed by atoms with van der Waals surface area (Å²) < 4.78 is 1.83. The molecule has 21 heavy (non-hydrogen) atoms. The van der Waals surface area contributed by atoms with Gasteiger partial charge in [-0.3, -0.25) is 9.48 Å². The number of aromatic nitrogens is 2. The number of hydrogen-bond donors (Lipinski definition) is 2. The van der Waals surface area contributed by atoms with Crippen LogP contribution in [0.5, 0.6) is 0 Å². The number of fused-ring (bicyclic) bond motifs is 1. The number of hydrogen-bond acceptors (Lipinski definition) is 3. The molecule has 2 aromatic rings. The molecule has 5 heteroatoms. The monoisotopic (exact) mass is 284 g/mol. The molecule has 110 valence electrons. The number of nitrogens with one attached hydrogen (secondary N) is 2. The molecule has 1 aromatic carbocycles. The van der Waals surface area contributed by atoms with Crippen LogP contribution in [0.15, 0.2) is 36.7 Å². The SMILES string of the molecule is CC(Cn1cccn1)NC(=O)c1cccc2c1CCCN2. The number of nitrogens with zero attached hydrogens (tertiary/aromatic N) is 2. The van der Waals surface area contributed by atoms with Crippen molar-refractivity contribution in [2.45, 2.75) is 32.4 Å². The van der Waals surface area contributed by atoms with Gasteiger partial charge in [0, 0.05) is 36.2 Å². The molecule has 1 atom stereocenters. The molecule has 5 nitrogen and oxygen atoms in total. The van der Waals surface area contributed by atoms with Crippen molar-refractivity contribution in [2.24, 2.45) is 0 Å². The Morgan fingerprint density at radius 2 is 2.38 bits per heavy atom. The van der Waals surface area contributed by atoms with Gasteiger partial charge in [-0.2, -0.15) is 5.10 Å². The molecular weight excluding hydrogens is 264 g/mol. The van der Waals surface area contributed by atoms with Gasteiger partial charge in [0.25, 0.3) is 5.91 Å². The zero-order chi connectivity index (χ0) is 14.7. The summed E-state index contributed by atoms with van der Waals surface area (Å²) in [6.07, 6.45) is 5.67. The van der Waals surface area contributed by atoms with E-state index in [2.05, 4.69) is 15.7 Å². The Morgan fingerprint density at radius 1 is 1.48 bits per heavy atom. The lowest BCUT2D eigenvalue weighted by Gasteiger charge is -2.21. The normalized spacial score (nSPS) is 14.9. The van der Waals surface area contributed by atoms with Crippen LogP contribution in [0.1, 0.15) is 29.3 Å². The highest BCUT2D eigenvalue weighted by molar-refractivity contribution is 5.97. The van der Waals surface area contributed by atoms with Gasteiger partial charge in [-0.15, -0.1) is 0 Å². The van der Waals surface area contributed by atoms with Gasteiger partial charge in [-0.25, -0.2) is 0 Å². The van der Waals surface area contributed by atoms with Crippen molar-refractivity contribution in [2.75, 3.05) is 11.9 Å². The number of carbonyl (C=O) groups excluding carboxylic acids is 1. The maximum atomic E-state index is 12.5. The summed E-state index contributed by atoms with van der Waals surface area (Å²) in [7, 11) is 0. The lowest BCUT2D eigenvalue weighted by atomic mass is 9.97. The van der Waals surface area contributed by atoms with Crippen LogP contribution in [0.25, 0.3) is 0 Å². The van der Waals surface area contributed by atoms with Gasteiger partial charge in [-0.05, 0) is 43.5 Å². The fourth-order valence-corrected chi connectivity index (χ4v) is 2.76. The summed E-state index contributed by atoms with van der Waals surface area (Å²) in [5.74, 6) is -0.00444. The summed E-state index contributed by atoms with van der Waals surface area (Å²) in [6.45, 7) is 3.65. The average Bonchev–Trinajstić information content (AvgIpc) is 2.99. The van der Waals surface area contributed by atoms with E-state index in [-0.39, 0.29) is 11.9 Å². The van der Waals surface area contributed by atoms with Crippen molar-refractivity contribution in [3.8, 4) is 0 Å². The molecule has 0 fully saturated rings. The number of amides is 1. The maximum absolute atomic E-state index is 12.5. The Kier molecular flexibility index (Phi) is 3.90. The minimum Gasteiger partial charge on any atom is -0.385 e. The Morgan fingerprint density at radius 3 is 3.19 bits per heavy atom. The molecule has 1 aromatic heterocycles. The van der Waals surface area contributed by atoms with Gasteiger partial charge in [0.1, 0.15) is 0 Å². The van der Waals surface area contributed by atoms with Crippen LogP contribution >= 0.6 is 0 Å². The van der Waals surface area contributed by atoms with E-state index in [0.29, 0.717) is 6.54 Å². The number of anilines is 1. The van der Waals surface area contributed by atoms with Crippen molar-refractivity contribution in [1.29, 1.82) is 0 Å². The van der Waals surface area contributed by atoms with Crippen LogP contribution in [0.3, 0.4) is 0 Å². The molecule has 1 aliphatic heterocycles. The fourth-order valence-electron chi connectivity index (χ4n) is 2.76. The Labute approximate surface area is 124 Å². The van der Waals surface area contributed by atoms with Gasteiger partial charge in [-0.1, -0.05) is 6.07 Å². The van der Waals surface area contributed by atoms with E-state index in [1.165, 1.54) is 0 Å². The average molecular weight is 284 g/mol. The van der Waals surface area contributed by atoms with Gasteiger partial charge in [0.05, 0.1) is 6.54 Å². The summed E-state index contributed by atoms with van der Waals surface area (Å²) >= 11 is 0. The van der Waals surface area contributed by atoms with Gasteiger partial charge in [0.15, 0.2) is 0 Å². The summed E-state index contributed by atoms with van der Waals surface area (Å²) in [5, 5.41) is 10.6. The molecule has 2 N–H and O–H groups in total. The first-order valence-electron chi connectivity index (χ1n) is 7.38. The lowest BCUT2D eigenvalue weighted by molar-refractivity contribution is 0.0935. The quantitative estimate of drug-likeness (QED) is 0.903. The van der Waals surface area contributed by atoms with E-state index < -0.39 is 0 Å².